The Morgan fingerprint density at radius 1 is 1.27 bits per heavy atom. The number of hydrogen-bond donors (Lipinski definition) is 0. The lowest BCUT2D eigenvalue weighted by Gasteiger charge is -2.26. The Morgan fingerprint density at radius 3 is 2.93 bits per heavy atom. The van der Waals surface area contributed by atoms with Gasteiger partial charge in [0.15, 0.2) is 0 Å². The molecule has 0 aromatic carbocycles. The maximum absolute atomic E-state index is 2.47. The zero-order valence-corrected chi connectivity index (χ0v) is 10.00. The number of allylic oxidation sites excluding steroid dienone is 4. The van der Waals surface area contributed by atoms with Gasteiger partial charge in [0.25, 0.3) is 0 Å². The molecule has 4 atom stereocenters. The van der Waals surface area contributed by atoms with Gasteiger partial charge in [0, 0.05) is 0 Å². The first kappa shape index (κ1) is 9.69. The molecule has 0 saturated heterocycles. The highest BCUT2D eigenvalue weighted by atomic mass is 14.5. The van der Waals surface area contributed by atoms with Gasteiger partial charge in [0.05, 0.1) is 0 Å². The van der Waals surface area contributed by atoms with Gasteiger partial charge in [-0.25, -0.2) is 0 Å². The third-order valence-electron chi connectivity index (χ3n) is 5.17. The number of fused-ring (bicyclic) bond motifs is 3. The van der Waals surface area contributed by atoms with Crippen molar-refractivity contribution in [2.75, 3.05) is 0 Å². The van der Waals surface area contributed by atoms with Gasteiger partial charge >= 0.3 is 0 Å². The molecular weight excluding hydrogens is 180 g/mol. The van der Waals surface area contributed by atoms with Crippen LogP contribution < -0.4 is 0 Å². The van der Waals surface area contributed by atoms with E-state index in [1.54, 1.807) is 11.1 Å². The molecule has 15 heavy (non-hydrogen) atoms. The van der Waals surface area contributed by atoms with Crippen LogP contribution in [0, 0.1) is 23.7 Å². The minimum absolute atomic E-state index is 0.860. The lowest BCUT2D eigenvalue weighted by molar-refractivity contribution is 0.384. The van der Waals surface area contributed by atoms with Crippen molar-refractivity contribution >= 4 is 0 Å². The zero-order valence-electron chi connectivity index (χ0n) is 10.00. The third kappa shape index (κ3) is 1.33. The Bertz CT molecular complexity index is 321. The Morgan fingerprint density at radius 2 is 2.13 bits per heavy atom. The zero-order chi connectivity index (χ0) is 10.4. The predicted octanol–water partition coefficient (Wildman–Crippen LogP) is 4.34. The summed E-state index contributed by atoms with van der Waals surface area (Å²) in [6.07, 6.45) is 12.1. The minimum atomic E-state index is 0.860. The molecule has 0 heteroatoms. The van der Waals surface area contributed by atoms with Crippen LogP contribution in [0.5, 0.6) is 0 Å². The van der Waals surface area contributed by atoms with E-state index in [-0.39, 0.29) is 0 Å². The molecule has 82 valence electrons. The summed E-state index contributed by atoms with van der Waals surface area (Å²) in [5.41, 5.74) is 3.56. The average molecular weight is 202 g/mol. The first-order chi connectivity index (χ1) is 7.31. The van der Waals surface area contributed by atoms with E-state index in [4.69, 9.17) is 0 Å². The van der Waals surface area contributed by atoms with Gasteiger partial charge in [-0.15, -0.1) is 0 Å². The van der Waals surface area contributed by atoms with Crippen LogP contribution in [-0.2, 0) is 0 Å². The van der Waals surface area contributed by atoms with E-state index in [0.29, 0.717) is 0 Å². The van der Waals surface area contributed by atoms with E-state index >= 15 is 0 Å². The van der Waals surface area contributed by atoms with Crippen molar-refractivity contribution in [2.45, 2.75) is 46.0 Å². The van der Waals surface area contributed by atoms with Gasteiger partial charge in [0.2, 0.25) is 0 Å². The second kappa shape index (κ2) is 3.50. The van der Waals surface area contributed by atoms with Gasteiger partial charge in [-0.3, -0.25) is 0 Å². The Labute approximate surface area is 93.5 Å². The summed E-state index contributed by atoms with van der Waals surface area (Å²) in [7, 11) is 0. The minimum Gasteiger partial charge on any atom is -0.0665 e. The molecule has 2 saturated carbocycles. The molecule has 2 fully saturated rings. The van der Waals surface area contributed by atoms with Crippen molar-refractivity contribution in [3.63, 3.8) is 0 Å². The van der Waals surface area contributed by atoms with Gasteiger partial charge in [-0.2, -0.15) is 0 Å². The van der Waals surface area contributed by atoms with Crippen LogP contribution in [0.2, 0.25) is 0 Å². The summed E-state index contributed by atoms with van der Waals surface area (Å²) < 4.78 is 0. The molecule has 0 heterocycles. The second-order valence-electron chi connectivity index (χ2n) is 5.71. The fourth-order valence-electron chi connectivity index (χ4n) is 4.24. The van der Waals surface area contributed by atoms with Gasteiger partial charge in [-0.1, -0.05) is 43.6 Å². The Kier molecular flexibility index (Phi) is 2.26. The van der Waals surface area contributed by atoms with Crippen molar-refractivity contribution in [1.82, 2.24) is 0 Å². The Balaban J connectivity index is 1.91. The first-order valence-corrected chi connectivity index (χ1v) is 6.71. The van der Waals surface area contributed by atoms with Crippen LogP contribution in [-0.4, -0.2) is 0 Å². The van der Waals surface area contributed by atoms with E-state index in [1.165, 1.54) is 32.1 Å². The fraction of sp³-hybridized carbons (Fsp3) is 0.733. The molecule has 3 aliphatic carbocycles. The second-order valence-corrected chi connectivity index (χ2v) is 5.71. The summed E-state index contributed by atoms with van der Waals surface area (Å²) in [6.45, 7) is 4.82. The summed E-state index contributed by atoms with van der Waals surface area (Å²) in [6, 6.07) is 0. The molecule has 0 radical (unpaired) electrons. The van der Waals surface area contributed by atoms with Crippen LogP contribution in [0.15, 0.2) is 23.3 Å². The third-order valence-corrected chi connectivity index (χ3v) is 5.17. The van der Waals surface area contributed by atoms with Crippen LogP contribution in [0.25, 0.3) is 0 Å². The number of rotatable bonds is 1. The smallest absolute Gasteiger partial charge is 0.0129 e. The van der Waals surface area contributed by atoms with Gasteiger partial charge in [0.1, 0.15) is 0 Å². The molecule has 0 unspecified atom stereocenters. The number of hydrogen-bond acceptors (Lipinski definition) is 0. The predicted molar refractivity (Wildman–Crippen MR) is 64.6 cm³/mol. The molecular formula is C15H22. The van der Waals surface area contributed by atoms with E-state index in [2.05, 4.69) is 26.0 Å². The largest absolute Gasteiger partial charge is 0.0665 e. The lowest BCUT2D eigenvalue weighted by Crippen LogP contribution is -2.15. The van der Waals surface area contributed by atoms with Crippen LogP contribution in [0.4, 0.5) is 0 Å². The topological polar surface area (TPSA) is 0 Å². The van der Waals surface area contributed by atoms with E-state index in [0.717, 1.165) is 23.7 Å². The molecule has 0 bridgehead atoms. The van der Waals surface area contributed by atoms with E-state index < -0.39 is 0 Å². The summed E-state index contributed by atoms with van der Waals surface area (Å²) in [5, 5.41) is 0. The lowest BCUT2D eigenvalue weighted by atomic mass is 9.79. The van der Waals surface area contributed by atoms with Crippen molar-refractivity contribution in [1.29, 1.82) is 0 Å². The molecule has 0 aromatic heterocycles. The SMILES string of the molecule is CC[C@@H]1C[C@H]2C(=CC=C3CCC[C@@H]32)[C@@H]1C. The highest BCUT2D eigenvalue weighted by Gasteiger charge is 2.42. The van der Waals surface area contributed by atoms with Crippen molar-refractivity contribution < 1.29 is 0 Å². The molecule has 0 spiro atoms. The normalized spacial score (nSPS) is 43.3. The highest BCUT2D eigenvalue weighted by molar-refractivity contribution is 5.34. The summed E-state index contributed by atoms with van der Waals surface area (Å²) in [4.78, 5) is 0. The monoisotopic (exact) mass is 202 g/mol. The van der Waals surface area contributed by atoms with Crippen molar-refractivity contribution in [3.8, 4) is 0 Å². The highest BCUT2D eigenvalue weighted by Crippen LogP contribution is 2.53. The average Bonchev–Trinajstić information content (AvgIpc) is 2.82. The molecule has 0 nitrogen and oxygen atoms in total. The molecule has 3 aliphatic rings. The van der Waals surface area contributed by atoms with Crippen molar-refractivity contribution in [3.05, 3.63) is 23.3 Å². The maximum Gasteiger partial charge on any atom is -0.0129 e. The fourth-order valence-corrected chi connectivity index (χ4v) is 4.24. The van der Waals surface area contributed by atoms with Gasteiger partial charge < -0.3 is 0 Å². The van der Waals surface area contributed by atoms with Gasteiger partial charge in [-0.05, 0) is 49.4 Å². The van der Waals surface area contributed by atoms with E-state index in [1.807, 2.05) is 0 Å². The molecule has 0 aromatic rings. The van der Waals surface area contributed by atoms with Crippen LogP contribution in [0.1, 0.15) is 46.0 Å². The first-order valence-electron chi connectivity index (χ1n) is 6.71. The van der Waals surface area contributed by atoms with E-state index in [9.17, 15) is 0 Å². The Hall–Kier alpha value is -0.520. The van der Waals surface area contributed by atoms with Crippen molar-refractivity contribution in [2.24, 2.45) is 23.7 Å². The molecule has 0 amide bonds. The molecule has 0 aliphatic heterocycles. The quantitative estimate of drug-likeness (QED) is 0.593. The van der Waals surface area contributed by atoms with Crippen LogP contribution in [0.3, 0.4) is 0 Å². The maximum atomic E-state index is 2.47. The molecule has 3 rings (SSSR count). The molecule has 0 N–H and O–H groups in total. The standard InChI is InChI=1S/C15H22/c1-3-11-9-15-13(10(11)2)8-7-12-5-4-6-14(12)15/h7-8,10-11,14-15H,3-6,9H2,1-2H3/t10-,11-,14+,15+/m1/s1. The van der Waals surface area contributed by atoms with Crippen LogP contribution >= 0.6 is 0 Å². The summed E-state index contributed by atoms with van der Waals surface area (Å²) >= 11 is 0. The summed E-state index contributed by atoms with van der Waals surface area (Å²) in [5.74, 6) is 3.71.